The van der Waals surface area contributed by atoms with Gasteiger partial charge in [-0.25, -0.2) is 0 Å². The van der Waals surface area contributed by atoms with Crippen LogP contribution >= 0.6 is 0 Å². The maximum Gasteiger partial charge on any atom is 0.534 e. The number of benzene rings is 1. The van der Waals surface area contributed by atoms with Crippen molar-refractivity contribution >= 4 is 21.4 Å². The third-order valence-electron chi connectivity index (χ3n) is 3.81. The Bertz CT molecular complexity index is 796. The molecule has 0 radical (unpaired) electrons. The average molecular weight is 375 g/mol. The Morgan fingerprint density at radius 2 is 1.84 bits per heavy atom. The molecule has 1 aliphatic carbocycles. The van der Waals surface area contributed by atoms with Crippen LogP contribution in [0.4, 0.5) is 13.2 Å². The van der Waals surface area contributed by atoms with Crippen LogP contribution in [0.25, 0.3) is 5.57 Å². The minimum atomic E-state index is -5.70. The predicted octanol–water partition coefficient (Wildman–Crippen LogP) is 4.47. The minimum Gasteiger partial charge on any atom is -0.380 e. The van der Waals surface area contributed by atoms with E-state index in [4.69, 9.17) is 0 Å². The van der Waals surface area contributed by atoms with Crippen molar-refractivity contribution in [1.82, 2.24) is 0 Å². The molecule has 1 aliphatic rings. The molecule has 25 heavy (non-hydrogen) atoms. The molecule has 0 heterocycles. The van der Waals surface area contributed by atoms with E-state index in [1.165, 1.54) is 0 Å². The quantitative estimate of drug-likeness (QED) is 0.544. The molecular formula is C17H20F3NO3S. The summed E-state index contributed by atoms with van der Waals surface area (Å²) < 4.78 is 65.5. The van der Waals surface area contributed by atoms with Gasteiger partial charge in [-0.2, -0.15) is 21.6 Å². The van der Waals surface area contributed by atoms with Crippen molar-refractivity contribution in [3.05, 3.63) is 41.2 Å². The van der Waals surface area contributed by atoms with Gasteiger partial charge in [-0.3, -0.25) is 4.99 Å². The van der Waals surface area contributed by atoms with Crippen molar-refractivity contribution in [3.63, 3.8) is 0 Å². The highest BCUT2D eigenvalue weighted by Gasteiger charge is 2.49. The van der Waals surface area contributed by atoms with Gasteiger partial charge in [-0.1, -0.05) is 37.6 Å². The molecule has 1 aromatic rings. The number of hydrogen-bond acceptors (Lipinski definition) is 4. The van der Waals surface area contributed by atoms with Gasteiger partial charge in [0.1, 0.15) is 5.76 Å². The largest absolute Gasteiger partial charge is 0.534 e. The lowest BCUT2D eigenvalue weighted by Crippen LogP contribution is -2.25. The monoisotopic (exact) mass is 375 g/mol. The molecule has 2 rings (SSSR count). The topological polar surface area (TPSA) is 55.7 Å². The Morgan fingerprint density at radius 3 is 2.44 bits per heavy atom. The van der Waals surface area contributed by atoms with E-state index in [1.54, 1.807) is 12.1 Å². The van der Waals surface area contributed by atoms with Crippen molar-refractivity contribution in [2.24, 2.45) is 4.99 Å². The van der Waals surface area contributed by atoms with Gasteiger partial charge in [-0.15, -0.1) is 0 Å². The number of allylic oxidation sites excluding steroid dienone is 2. The molecule has 0 N–H and O–H groups in total. The van der Waals surface area contributed by atoms with Crippen molar-refractivity contribution < 1.29 is 25.8 Å². The fourth-order valence-electron chi connectivity index (χ4n) is 2.81. The summed E-state index contributed by atoms with van der Waals surface area (Å²) in [6.07, 6.45) is 2.00. The number of aryl methyl sites for hydroxylation is 1. The highest BCUT2D eigenvalue weighted by Crippen LogP contribution is 2.38. The summed E-state index contributed by atoms with van der Waals surface area (Å²) in [6, 6.07) is 7.25. The zero-order chi connectivity index (χ0) is 18.7. The van der Waals surface area contributed by atoms with Crippen molar-refractivity contribution in [3.8, 4) is 0 Å². The standard InChI is InChI=1S/C17H20F3NO3S/c1-3-7-12-8-5-6-9-13(12)16-14(21-4-2)10-11-15(16)24-25(22,23)17(18,19)20/h5-6,8-9H,3-4,7,10-11H2,1-2H3/b21-14+. The second-order valence-corrected chi connectivity index (χ2v) is 7.15. The van der Waals surface area contributed by atoms with Crippen LogP contribution in [0.2, 0.25) is 0 Å². The molecule has 138 valence electrons. The molecule has 0 fully saturated rings. The van der Waals surface area contributed by atoms with Crippen LogP contribution in [0.15, 0.2) is 35.0 Å². The zero-order valence-corrected chi connectivity index (χ0v) is 14.9. The van der Waals surface area contributed by atoms with E-state index in [2.05, 4.69) is 9.18 Å². The molecule has 0 aliphatic heterocycles. The third kappa shape index (κ3) is 4.23. The Labute approximate surface area is 145 Å². The van der Waals surface area contributed by atoms with Crippen LogP contribution in [0.3, 0.4) is 0 Å². The molecule has 8 heteroatoms. The molecule has 0 aromatic heterocycles. The van der Waals surface area contributed by atoms with Crippen LogP contribution in [0, 0.1) is 0 Å². The Morgan fingerprint density at radius 1 is 1.16 bits per heavy atom. The fraction of sp³-hybridized carbons (Fsp3) is 0.471. The van der Waals surface area contributed by atoms with Gasteiger partial charge < -0.3 is 4.18 Å². The van der Waals surface area contributed by atoms with E-state index in [-0.39, 0.29) is 12.2 Å². The van der Waals surface area contributed by atoms with E-state index in [0.29, 0.717) is 29.8 Å². The molecule has 0 amide bonds. The number of alkyl halides is 3. The predicted molar refractivity (Wildman–Crippen MR) is 90.6 cm³/mol. The first-order valence-electron chi connectivity index (χ1n) is 8.07. The number of rotatable bonds is 6. The van der Waals surface area contributed by atoms with Gasteiger partial charge >= 0.3 is 15.6 Å². The zero-order valence-electron chi connectivity index (χ0n) is 14.1. The van der Waals surface area contributed by atoms with Crippen molar-refractivity contribution in [2.75, 3.05) is 6.54 Å². The maximum absolute atomic E-state index is 12.7. The number of hydrogen-bond donors (Lipinski definition) is 0. The van der Waals surface area contributed by atoms with Crippen molar-refractivity contribution in [1.29, 1.82) is 0 Å². The van der Waals surface area contributed by atoms with E-state index < -0.39 is 15.6 Å². The van der Waals surface area contributed by atoms with Crippen LogP contribution < -0.4 is 0 Å². The lowest BCUT2D eigenvalue weighted by atomic mass is 9.95. The van der Waals surface area contributed by atoms with Gasteiger partial charge in [0.2, 0.25) is 0 Å². The summed E-state index contributed by atoms with van der Waals surface area (Å²) >= 11 is 0. The smallest absolute Gasteiger partial charge is 0.380 e. The molecule has 0 bridgehead atoms. The van der Waals surface area contributed by atoms with Crippen molar-refractivity contribution in [2.45, 2.75) is 45.0 Å². The molecule has 0 saturated carbocycles. The summed E-state index contributed by atoms with van der Waals surface area (Å²) in [5.41, 5.74) is -2.90. The van der Waals surface area contributed by atoms with Crippen LogP contribution in [-0.2, 0) is 20.7 Å². The first-order chi connectivity index (χ1) is 11.7. The lowest BCUT2D eigenvalue weighted by Gasteiger charge is -2.15. The highest BCUT2D eigenvalue weighted by atomic mass is 32.2. The molecule has 0 spiro atoms. The van der Waals surface area contributed by atoms with Gasteiger partial charge in [0.25, 0.3) is 0 Å². The van der Waals surface area contributed by atoms with Gasteiger partial charge in [-0.05, 0) is 30.9 Å². The maximum atomic E-state index is 12.7. The van der Waals surface area contributed by atoms with Crippen LogP contribution in [0.1, 0.15) is 44.2 Å². The highest BCUT2D eigenvalue weighted by molar-refractivity contribution is 7.87. The Kier molecular flexibility index (Phi) is 5.92. The first-order valence-corrected chi connectivity index (χ1v) is 9.48. The Hall–Kier alpha value is -1.83. The summed E-state index contributed by atoms with van der Waals surface area (Å²) in [7, 11) is -5.70. The van der Waals surface area contributed by atoms with E-state index in [1.807, 2.05) is 26.0 Å². The molecule has 4 nitrogen and oxygen atoms in total. The second kappa shape index (κ2) is 7.59. The number of aliphatic imine (C=N–C) groups is 1. The summed E-state index contributed by atoms with van der Waals surface area (Å²) in [5.74, 6) is -0.187. The van der Waals surface area contributed by atoms with Crippen LogP contribution in [0.5, 0.6) is 0 Å². The molecule has 0 saturated heterocycles. The molecule has 0 atom stereocenters. The SMILES string of the molecule is CCCc1ccccc1C1=C(OS(=O)(=O)C(F)(F)F)CC/C1=N\CC. The third-order valence-corrected chi connectivity index (χ3v) is 4.79. The number of nitrogens with zero attached hydrogens (tertiary/aromatic N) is 1. The summed E-state index contributed by atoms with van der Waals surface area (Å²) in [6.45, 7) is 4.26. The summed E-state index contributed by atoms with van der Waals surface area (Å²) in [5, 5.41) is 0. The second-order valence-electron chi connectivity index (χ2n) is 5.61. The number of halogens is 3. The normalized spacial score (nSPS) is 17.4. The average Bonchev–Trinajstić information content (AvgIpc) is 2.89. The van der Waals surface area contributed by atoms with E-state index in [0.717, 1.165) is 18.4 Å². The minimum absolute atomic E-state index is 0.0733. The first kappa shape index (κ1) is 19.5. The molecule has 0 unspecified atom stereocenters. The molecule has 1 aromatic carbocycles. The Balaban J connectivity index is 2.59. The van der Waals surface area contributed by atoms with E-state index in [9.17, 15) is 21.6 Å². The van der Waals surface area contributed by atoms with E-state index >= 15 is 0 Å². The van der Waals surface area contributed by atoms with Crippen LogP contribution in [-0.4, -0.2) is 26.2 Å². The van der Waals surface area contributed by atoms with Gasteiger partial charge in [0.15, 0.2) is 0 Å². The fourth-order valence-corrected chi connectivity index (χ4v) is 3.34. The lowest BCUT2D eigenvalue weighted by molar-refractivity contribution is -0.0522. The summed E-state index contributed by atoms with van der Waals surface area (Å²) in [4.78, 5) is 4.33. The van der Waals surface area contributed by atoms with Gasteiger partial charge in [0, 0.05) is 24.3 Å². The molecular weight excluding hydrogens is 355 g/mol. The van der Waals surface area contributed by atoms with Gasteiger partial charge in [0.05, 0.1) is 0 Å².